The minimum atomic E-state index is -0.415. The number of hydrogen-bond donors (Lipinski definition) is 0. The highest BCUT2D eigenvalue weighted by atomic mass is 16.5. The lowest BCUT2D eigenvalue weighted by Crippen LogP contribution is -2.24. The number of esters is 1. The van der Waals surface area contributed by atoms with E-state index in [0.29, 0.717) is 23.0 Å². The number of rotatable bonds is 3. The van der Waals surface area contributed by atoms with Crippen LogP contribution in [0.15, 0.2) is 65.5 Å². The molecule has 0 unspecified atom stereocenters. The predicted octanol–water partition coefficient (Wildman–Crippen LogP) is 4.63. The molecule has 150 valence electrons. The number of carbonyl (C=O) groups is 1. The van der Waals surface area contributed by atoms with E-state index < -0.39 is 5.97 Å². The highest BCUT2D eigenvalue weighted by Crippen LogP contribution is 2.21. The Kier molecular flexibility index (Phi) is 4.79. The average Bonchev–Trinajstić information content (AvgIpc) is 3.03. The van der Waals surface area contributed by atoms with Crippen molar-refractivity contribution in [3.05, 3.63) is 88.0 Å². The van der Waals surface area contributed by atoms with Crippen molar-refractivity contribution in [1.82, 2.24) is 9.55 Å². The van der Waals surface area contributed by atoms with Gasteiger partial charge in [-0.25, -0.2) is 9.78 Å². The number of fused-ring (bicyclic) bond motifs is 3. The van der Waals surface area contributed by atoms with Gasteiger partial charge in [-0.15, -0.1) is 0 Å². The summed E-state index contributed by atoms with van der Waals surface area (Å²) in [5.74, 6) is 0.396. The minimum Gasteiger partial charge on any atom is -0.457 e. The second kappa shape index (κ2) is 7.75. The zero-order chi connectivity index (χ0) is 20.5. The zero-order valence-corrected chi connectivity index (χ0v) is 16.6. The van der Waals surface area contributed by atoms with E-state index in [1.165, 1.54) is 0 Å². The highest BCUT2D eigenvalue weighted by molar-refractivity contribution is 5.94. The number of hydrogen-bond acceptors (Lipinski definition) is 4. The van der Waals surface area contributed by atoms with Gasteiger partial charge in [0.2, 0.25) is 0 Å². The number of ether oxygens (including phenoxy) is 1. The van der Waals surface area contributed by atoms with E-state index >= 15 is 0 Å². The molecule has 0 fully saturated rings. The fourth-order valence-corrected chi connectivity index (χ4v) is 4.19. The molecule has 5 heteroatoms. The van der Waals surface area contributed by atoms with Crippen LogP contribution in [-0.2, 0) is 24.3 Å². The topological polar surface area (TPSA) is 61.2 Å². The second-order valence-electron chi connectivity index (χ2n) is 7.74. The molecule has 0 amide bonds. The van der Waals surface area contributed by atoms with Crippen molar-refractivity contribution in [3.63, 3.8) is 0 Å². The molecule has 0 N–H and O–H groups in total. The number of carbonyl (C=O) groups excluding carboxylic acids is 1. The van der Waals surface area contributed by atoms with Gasteiger partial charge in [0.1, 0.15) is 12.4 Å². The third-order valence-corrected chi connectivity index (χ3v) is 5.79. The van der Waals surface area contributed by atoms with Crippen molar-refractivity contribution in [2.24, 2.45) is 0 Å². The Hall–Kier alpha value is -3.47. The van der Waals surface area contributed by atoms with E-state index in [1.54, 1.807) is 22.8 Å². The van der Waals surface area contributed by atoms with E-state index in [2.05, 4.69) is 0 Å². The Morgan fingerprint density at radius 3 is 2.77 bits per heavy atom. The molecule has 30 heavy (non-hydrogen) atoms. The minimum absolute atomic E-state index is 0.0208. The van der Waals surface area contributed by atoms with Gasteiger partial charge >= 0.3 is 5.97 Å². The van der Waals surface area contributed by atoms with Crippen LogP contribution in [0.25, 0.3) is 21.7 Å². The van der Waals surface area contributed by atoms with Crippen molar-refractivity contribution >= 4 is 27.6 Å². The molecule has 1 aliphatic rings. The fourth-order valence-electron chi connectivity index (χ4n) is 4.19. The monoisotopic (exact) mass is 398 g/mol. The van der Waals surface area contributed by atoms with Crippen molar-refractivity contribution < 1.29 is 9.53 Å². The third-order valence-electron chi connectivity index (χ3n) is 5.79. The molecule has 0 atom stereocenters. The summed E-state index contributed by atoms with van der Waals surface area (Å²) in [6.45, 7) is 0.907. The van der Waals surface area contributed by atoms with Crippen molar-refractivity contribution in [2.75, 3.05) is 0 Å². The molecule has 5 nitrogen and oxygen atoms in total. The van der Waals surface area contributed by atoms with Crippen LogP contribution >= 0.6 is 0 Å². The van der Waals surface area contributed by atoms with Crippen LogP contribution in [0, 0.1) is 0 Å². The van der Waals surface area contributed by atoms with Gasteiger partial charge in [0.15, 0.2) is 0 Å². The normalized spacial score (nSPS) is 13.7. The summed E-state index contributed by atoms with van der Waals surface area (Å²) in [4.78, 5) is 30.2. The van der Waals surface area contributed by atoms with Crippen LogP contribution < -0.4 is 5.56 Å². The Bertz CT molecular complexity index is 1320. The Balaban J connectivity index is 1.43. The van der Waals surface area contributed by atoms with Gasteiger partial charge in [0, 0.05) is 13.0 Å². The molecule has 0 saturated carbocycles. The van der Waals surface area contributed by atoms with Gasteiger partial charge in [-0.3, -0.25) is 9.36 Å². The number of nitrogens with zero attached hydrogens (tertiary/aromatic N) is 2. The summed E-state index contributed by atoms with van der Waals surface area (Å²) >= 11 is 0. The molecular formula is C25H22N2O3. The average molecular weight is 398 g/mol. The van der Waals surface area contributed by atoms with Crippen molar-refractivity contribution in [3.8, 4) is 0 Å². The first-order valence-corrected chi connectivity index (χ1v) is 10.4. The standard InChI is InChI=1S/C25H22N2O3/c28-24-21-13-12-18(15-22(21)26-23-11-2-1-5-14-27(23)24)25(29)30-16-19-9-6-8-17-7-3-4-10-20(17)19/h3-4,6-10,12-13,15H,1-2,5,11,14,16H2. The van der Waals surface area contributed by atoms with Crippen LogP contribution in [0.4, 0.5) is 0 Å². The molecule has 0 spiro atoms. The highest BCUT2D eigenvalue weighted by Gasteiger charge is 2.16. The molecule has 0 radical (unpaired) electrons. The number of benzene rings is 3. The first-order chi connectivity index (χ1) is 14.7. The third kappa shape index (κ3) is 3.36. The summed E-state index contributed by atoms with van der Waals surface area (Å²) in [6, 6.07) is 19.0. The fraction of sp³-hybridized carbons (Fsp3) is 0.240. The molecule has 1 aromatic heterocycles. The predicted molar refractivity (Wildman–Crippen MR) is 117 cm³/mol. The number of aromatic nitrogens is 2. The maximum Gasteiger partial charge on any atom is 0.338 e. The summed E-state index contributed by atoms with van der Waals surface area (Å²) in [7, 11) is 0. The zero-order valence-electron chi connectivity index (χ0n) is 16.6. The lowest BCUT2D eigenvalue weighted by Gasteiger charge is -2.11. The van der Waals surface area contributed by atoms with E-state index in [1.807, 2.05) is 42.5 Å². The van der Waals surface area contributed by atoms with Gasteiger partial charge < -0.3 is 4.74 Å². The molecule has 1 aliphatic heterocycles. The summed E-state index contributed by atoms with van der Waals surface area (Å²) in [6.07, 6.45) is 3.93. The lowest BCUT2D eigenvalue weighted by atomic mass is 10.1. The second-order valence-corrected chi connectivity index (χ2v) is 7.74. The lowest BCUT2D eigenvalue weighted by molar-refractivity contribution is 0.0474. The first kappa shape index (κ1) is 18.6. The van der Waals surface area contributed by atoms with Crippen LogP contribution in [0.5, 0.6) is 0 Å². The number of aryl methyl sites for hydroxylation is 1. The quantitative estimate of drug-likeness (QED) is 0.472. The molecule has 2 heterocycles. The van der Waals surface area contributed by atoms with Crippen molar-refractivity contribution in [2.45, 2.75) is 38.8 Å². The van der Waals surface area contributed by atoms with E-state index in [-0.39, 0.29) is 12.2 Å². The molecular weight excluding hydrogens is 376 g/mol. The molecule has 0 bridgehead atoms. The van der Waals surface area contributed by atoms with Gasteiger partial charge in [0.05, 0.1) is 16.5 Å². The maximum absolute atomic E-state index is 12.8. The van der Waals surface area contributed by atoms with E-state index in [9.17, 15) is 9.59 Å². The SMILES string of the molecule is O=C(OCc1cccc2ccccc12)c1ccc2c(=O)n3c(nc2c1)CCCCC3. The van der Waals surface area contributed by atoms with Crippen LogP contribution in [0.3, 0.4) is 0 Å². The maximum atomic E-state index is 12.8. The van der Waals surface area contributed by atoms with Crippen LogP contribution in [-0.4, -0.2) is 15.5 Å². The van der Waals surface area contributed by atoms with Gasteiger partial charge in [0.25, 0.3) is 5.56 Å². The first-order valence-electron chi connectivity index (χ1n) is 10.4. The Morgan fingerprint density at radius 1 is 0.967 bits per heavy atom. The van der Waals surface area contributed by atoms with Gasteiger partial charge in [-0.2, -0.15) is 0 Å². The van der Waals surface area contributed by atoms with E-state index in [0.717, 1.165) is 47.8 Å². The smallest absolute Gasteiger partial charge is 0.338 e. The van der Waals surface area contributed by atoms with Crippen LogP contribution in [0.1, 0.15) is 41.0 Å². The van der Waals surface area contributed by atoms with Crippen LogP contribution in [0.2, 0.25) is 0 Å². The molecule has 0 saturated heterocycles. The molecule has 5 rings (SSSR count). The van der Waals surface area contributed by atoms with Gasteiger partial charge in [-0.1, -0.05) is 48.9 Å². The van der Waals surface area contributed by atoms with Crippen molar-refractivity contribution in [1.29, 1.82) is 0 Å². The summed E-state index contributed by atoms with van der Waals surface area (Å²) in [5, 5.41) is 2.73. The molecule has 4 aromatic rings. The van der Waals surface area contributed by atoms with Gasteiger partial charge in [-0.05, 0) is 47.4 Å². The summed E-state index contributed by atoms with van der Waals surface area (Å²) in [5.41, 5.74) is 1.91. The summed E-state index contributed by atoms with van der Waals surface area (Å²) < 4.78 is 7.37. The molecule has 0 aliphatic carbocycles. The van der Waals surface area contributed by atoms with E-state index in [4.69, 9.17) is 9.72 Å². The largest absolute Gasteiger partial charge is 0.457 e. The Labute approximate surface area is 173 Å². The Morgan fingerprint density at radius 2 is 1.83 bits per heavy atom. The molecule has 3 aromatic carbocycles.